The fraction of sp³-hybridized carbons (Fsp3) is 0.571. The van der Waals surface area contributed by atoms with Gasteiger partial charge in [-0.25, -0.2) is 0 Å². The standard InChI is InChI=1S/C14H23N3O/c15-14-4-2-13(3-5-14)12-17-7-1-6-16(8-9-17)10-11-18/h2-5,18H,1,6-12,15H2. The summed E-state index contributed by atoms with van der Waals surface area (Å²) < 4.78 is 0. The minimum Gasteiger partial charge on any atom is -0.399 e. The highest BCUT2D eigenvalue weighted by Gasteiger charge is 2.14. The molecule has 18 heavy (non-hydrogen) atoms. The quantitative estimate of drug-likeness (QED) is 0.774. The van der Waals surface area contributed by atoms with E-state index in [0.29, 0.717) is 0 Å². The lowest BCUT2D eigenvalue weighted by Crippen LogP contribution is -2.32. The number of β-amino-alcohol motifs (C(OH)–C–C–N with tert-alkyl or cyclic N) is 1. The Bertz CT molecular complexity index is 353. The summed E-state index contributed by atoms with van der Waals surface area (Å²) in [6.45, 7) is 6.41. The Labute approximate surface area is 109 Å². The zero-order chi connectivity index (χ0) is 12.8. The second-order valence-electron chi connectivity index (χ2n) is 4.94. The Morgan fingerprint density at radius 2 is 1.67 bits per heavy atom. The lowest BCUT2D eigenvalue weighted by molar-refractivity contribution is 0.196. The molecule has 3 N–H and O–H groups in total. The molecule has 0 radical (unpaired) electrons. The average Bonchev–Trinajstić information content (AvgIpc) is 2.59. The molecule has 1 heterocycles. The summed E-state index contributed by atoms with van der Waals surface area (Å²) in [5, 5.41) is 8.97. The second kappa shape index (κ2) is 6.73. The molecule has 0 aliphatic carbocycles. The number of nitrogen functional groups attached to an aromatic ring is 1. The SMILES string of the molecule is Nc1ccc(CN2CCCN(CCO)CC2)cc1. The highest BCUT2D eigenvalue weighted by molar-refractivity contribution is 5.39. The van der Waals surface area contributed by atoms with E-state index in [1.54, 1.807) is 0 Å². The van der Waals surface area contributed by atoms with Gasteiger partial charge < -0.3 is 10.8 Å². The molecule has 1 aromatic rings. The Balaban J connectivity index is 1.84. The zero-order valence-corrected chi connectivity index (χ0v) is 10.9. The van der Waals surface area contributed by atoms with Crippen molar-refractivity contribution in [2.75, 3.05) is 45.1 Å². The van der Waals surface area contributed by atoms with Crippen LogP contribution >= 0.6 is 0 Å². The van der Waals surface area contributed by atoms with Crippen LogP contribution in [0, 0.1) is 0 Å². The summed E-state index contributed by atoms with van der Waals surface area (Å²) in [4.78, 5) is 4.81. The summed E-state index contributed by atoms with van der Waals surface area (Å²) in [6.07, 6.45) is 1.18. The van der Waals surface area contributed by atoms with Gasteiger partial charge in [-0.2, -0.15) is 0 Å². The molecule has 0 spiro atoms. The maximum Gasteiger partial charge on any atom is 0.0558 e. The van der Waals surface area contributed by atoms with E-state index in [-0.39, 0.29) is 6.61 Å². The third-order valence-corrected chi connectivity index (χ3v) is 3.48. The number of rotatable bonds is 4. The van der Waals surface area contributed by atoms with E-state index in [1.807, 2.05) is 12.1 Å². The van der Waals surface area contributed by atoms with E-state index in [4.69, 9.17) is 10.8 Å². The van der Waals surface area contributed by atoms with Crippen molar-refractivity contribution in [3.63, 3.8) is 0 Å². The van der Waals surface area contributed by atoms with Crippen LogP contribution in [-0.4, -0.2) is 54.2 Å². The van der Waals surface area contributed by atoms with Crippen molar-refractivity contribution in [3.8, 4) is 0 Å². The van der Waals surface area contributed by atoms with Crippen LogP contribution in [0.1, 0.15) is 12.0 Å². The second-order valence-corrected chi connectivity index (χ2v) is 4.94. The summed E-state index contributed by atoms with van der Waals surface area (Å²) in [5.74, 6) is 0. The van der Waals surface area contributed by atoms with Gasteiger partial charge >= 0.3 is 0 Å². The molecule has 2 rings (SSSR count). The molecule has 100 valence electrons. The number of hydrogen-bond acceptors (Lipinski definition) is 4. The van der Waals surface area contributed by atoms with Crippen LogP contribution in [-0.2, 0) is 6.54 Å². The first-order chi connectivity index (χ1) is 8.78. The van der Waals surface area contributed by atoms with Gasteiger partial charge in [0, 0.05) is 31.9 Å². The topological polar surface area (TPSA) is 52.7 Å². The first kappa shape index (κ1) is 13.3. The van der Waals surface area contributed by atoms with E-state index in [0.717, 1.165) is 45.0 Å². The fourth-order valence-corrected chi connectivity index (χ4v) is 2.43. The van der Waals surface area contributed by atoms with Gasteiger partial charge in [-0.15, -0.1) is 0 Å². The van der Waals surface area contributed by atoms with E-state index >= 15 is 0 Å². The van der Waals surface area contributed by atoms with Crippen molar-refractivity contribution >= 4 is 5.69 Å². The van der Waals surface area contributed by atoms with Crippen LogP contribution in [0.15, 0.2) is 24.3 Å². The predicted octanol–water partition coefficient (Wildman–Crippen LogP) is 0.769. The smallest absolute Gasteiger partial charge is 0.0558 e. The van der Waals surface area contributed by atoms with Crippen molar-refractivity contribution in [2.45, 2.75) is 13.0 Å². The first-order valence-corrected chi connectivity index (χ1v) is 6.68. The first-order valence-electron chi connectivity index (χ1n) is 6.68. The summed E-state index contributed by atoms with van der Waals surface area (Å²) in [5.41, 5.74) is 7.83. The van der Waals surface area contributed by atoms with Crippen LogP contribution in [0.5, 0.6) is 0 Å². The number of hydrogen-bond donors (Lipinski definition) is 2. The van der Waals surface area contributed by atoms with Crippen molar-refractivity contribution in [3.05, 3.63) is 29.8 Å². The Morgan fingerprint density at radius 1 is 1.00 bits per heavy atom. The van der Waals surface area contributed by atoms with Gasteiger partial charge in [0.15, 0.2) is 0 Å². The van der Waals surface area contributed by atoms with Gasteiger partial charge in [0.05, 0.1) is 6.61 Å². The number of anilines is 1. The summed E-state index contributed by atoms with van der Waals surface area (Å²) in [6, 6.07) is 8.13. The lowest BCUT2D eigenvalue weighted by Gasteiger charge is -2.21. The normalized spacial score (nSPS) is 18.7. The Kier molecular flexibility index (Phi) is 4.99. The van der Waals surface area contributed by atoms with Crippen LogP contribution in [0.25, 0.3) is 0 Å². The highest BCUT2D eigenvalue weighted by atomic mass is 16.3. The molecule has 1 aliphatic heterocycles. The van der Waals surface area contributed by atoms with Gasteiger partial charge in [-0.05, 0) is 37.2 Å². The van der Waals surface area contributed by atoms with Crippen molar-refractivity contribution < 1.29 is 5.11 Å². The van der Waals surface area contributed by atoms with Crippen LogP contribution < -0.4 is 5.73 Å². The Hall–Kier alpha value is -1.10. The fourth-order valence-electron chi connectivity index (χ4n) is 2.43. The molecule has 0 amide bonds. The minimum absolute atomic E-state index is 0.262. The molecule has 4 heteroatoms. The molecule has 0 unspecified atom stereocenters. The Morgan fingerprint density at radius 3 is 2.39 bits per heavy atom. The van der Waals surface area contributed by atoms with Crippen LogP contribution in [0.2, 0.25) is 0 Å². The third kappa shape index (κ3) is 3.98. The molecule has 1 saturated heterocycles. The third-order valence-electron chi connectivity index (χ3n) is 3.48. The lowest BCUT2D eigenvalue weighted by atomic mass is 10.2. The number of nitrogens with two attached hydrogens (primary N) is 1. The van der Waals surface area contributed by atoms with Gasteiger partial charge in [-0.1, -0.05) is 12.1 Å². The van der Waals surface area contributed by atoms with Crippen molar-refractivity contribution in [1.29, 1.82) is 0 Å². The number of benzene rings is 1. The number of nitrogens with zero attached hydrogens (tertiary/aromatic N) is 2. The minimum atomic E-state index is 0.262. The number of aliphatic hydroxyl groups excluding tert-OH is 1. The molecule has 0 atom stereocenters. The molecule has 1 aromatic carbocycles. The van der Waals surface area contributed by atoms with E-state index in [9.17, 15) is 0 Å². The molecule has 1 aliphatic rings. The van der Waals surface area contributed by atoms with Crippen LogP contribution in [0.3, 0.4) is 0 Å². The summed E-state index contributed by atoms with van der Waals surface area (Å²) >= 11 is 0. The maximum absolute atomic E-state index is 8.97. The molecular formula is C14H23N3O. The predicted molar refractivity (Wildman–Crippen MR) is 74.3 cm³/mol. The van der Waals surface area contributed by atoms with Crippen molar-refractivity contribution in [2.24, 2.45) is 0 Å². The van der Waals surface area contributed by atoms with Gasteiger partial charge in [-0.3, -0.25) is 9.80 Å². The van der Waals surface area contributed by atoms with E-state index < -0.39 is 0 Å². The molecule has 0 aromatic heterocycles. The summed E-state index contributed by atoms with van der Waals surface area (Å²) in [7, 11) is 0. The molecule has 0 bridgehead atoms. The molecule has 1 fully saturated rings. The van der Waals surface area contributed by atoms with Gasteiger partial charge in [0.1, 0.15) is 0 Å². The van der Waals surface area contributed by atoms with Gasteiger partial charge in [0.25, 0.3) is 0 Å². The van der Waals surface area contributed by atoms with E-state index in [1.165, 1.54) is 12.0 Å². The van der Waals surface area contributed by atoms with Gasteiger partial charge in [0.2, 0.25) is 0 Å². The van der Waals surface area contributed by atoms with E-state index in [2.05, 4.69) is 21.9 Å². The number of aliphatic hydroxyl groups is 1. The monoisotopic (exact) mass is 249 g/mol. The zero-order valence-electron chi connectivity index (χ0n) is 10.9. The van der Waals surface area contributed by atoms with Crippen LogP contribution in [0.4, 0.5) is 5.69 Å². The molecule has 0 saturated carbocycles. The maximum atomic E-state index is 8.97. The molecule has 4 nitrogen and oxygen atoms in total. The largest absolute Gasteiger partial charge is 0.399 e. The highest BCUT2D eigenvalue weighted by Crippen LogP contribution is 2.11. The van der Waals surface area contributed by atoms with Crippen molar-refractivity contribution in [1.82, 2.24) is 9.80 Å². The molecular weight excluding hydrogens is 226 g/mol. The average molecular weight is 249 g/mol.